The lowest BCUT2D eigenvalue weighted by atomic mass is 9.93. The van der Waals surface area contributed by atoms with Gasteiger partial charge < -0.3 is 19.9 Å². The van der Waals surface area contributed by atoms with Crippen molar-refractivity contribution in [1.29, 1.82) is 0 Å². The van der Waals surface area contributed by atoms with Crippen LogP contribution in [0.4, 0.5) is 5.69 Å². The zero-order valence-electron chi connectivity index (χ0n) is 15.8. The lowest BCUT2D eigenvalue weighted by Crippen LogP contribution is -2.07. The molecule has 2 N–H and O–H groups in total. The van der Waals surface area contributed by atoms with E-state index >= 15 is 0 Å². The Kier molecular flexibility index (Phi) is 9.33. The number of anilines is 1. The Bertz CT molecular complexity index is 692. The predicted octanol–water partition coefficient (Wildman–Crippen LogP) is 2.92. The molecule has 0 aliphatic rings. The van der Waals surface area contributed by atoms with Gasteiger partial charge in [0, 0.05) is 18.9 Å². The first kappa shape index (κ1) is 21.6. The number of hydrogen-bond donors (Lipinski definition) is 1. The van der Waals surface area contributed by atoms with Crippen LogP contribution in [-0.2, 0) is 30.2 Å². The molecule has 1 aromatic rings. The summed E-state index contributed by atoms with van der Waals surface area (Å²) in [5.41, 5.74) is 10.2. The predicted molar refractivity (Wildman–Crippen MR) is 103 cm³/mol. The largest absolute Gasteiger partial charge is 0.463 e. The highest BCUT2D eigenvalue weighted by molar-refractivity contribution is 5.93. The van der Waals surface area contributed by atoms with Crippen LogP contribution < -0.4 is 5.73 Å². The summed E-state index contributed by atoms with van der Waals surface area (Å²) in [5, 5.41) is 0. The summed E-state index contributed by atoms with van der Waals surface area (Å²) >= 11 is 0. The first-order chi connectivity index (χ1) is 12.4. The van der Waals surface area contributed by atoms with Crippen LogP contribution >= 0.6 is 0 Å². The van der Waals surface area contributed by atoms with E-state index < -0.39 is 5.97 Å². The maximum Gasteiger partial charge on any atom is 0.330 e. The highest BCUT2D eigenvalue weighted by Crippen LogP contribution is 2.28. The molecule has 0 aliphatic heterocycles. The zero-order chi connectivity index (χ0) is 19.5. The summed E-state index contributed by atoms with van der Waals surface area (Å²) in [4.78, 5) is 22.9. The molecule has 0 unspecified atom stereocenters. The lowest BCUT2D eigenvalue weighted by molar-refractivity contribution is -0.137. The van der Waals surface area contributed by atoms with E-state index in [4.69, 9.17) is 19.9 Å². The van der Waals surface area contributed by atoms with Gasteiger partial charge in [0.15, 0.2) is 5.78 Å². The molecule has 1 rings (SSSR count). The van der Waals surface area contributed by atoms with Gasteiger partial charge in [-0.3, -0.25) is 4.79 Å². The Labute approximate surface area is 154 Å². The molecule has 1 aromatic carbocycles. The molecule has 26 heavy (non-hydrogen) atoms. The van der Waals surface area contributed by atoms with Gasteiger partial charge in [-0.2, -0.15) is 0 Å². The molecule has 0 aromatic heterocycles. The summed E-state index contributed by atoms with van der Waals surface area (Å²) in [6, 6.07) is 1.85. The Morgan fingerprint density at radius 3 is 2.50 bits per heavy atom. The second kappa shape index (κ2) is 11.2. The highest BCUT2D eigenvalue weighted by atomic mass is 16.7. The van der Waals surface area contributed by atoms with Crippen LogP contribution in [0.15, 0.2) is 18.2 Å². The van der Waals surface area contributed by atoms with Crippen LogP contribution in [0.5, 0.6) is 0 Å². The number of ketones is 1. The Morgan fingerprint density at radius 1 is 1.19 bits per heavy atom. The Balaban J connectivity index is 3.24. The van der Waals surface area contributed by atoms with Crippen molar-refractivity contribution in [3.63, 3.8) is 0 Å². The van der Waals surface area contributed by atoms with Crippen LogP contribution in [-0.4, -0.2) is 38.9 Å². The third-order valence-electron chi connectivity index (χ3n) is 3.71. The molecule has 6 heteroatoms. The van der Waals surface area contributed by atoms with E-state index in [-0.39, 0.29) is 12.6 Å². The lowest BCUT2D eigenvalue weighted by Gasteiger charge is -2.15. The van der Waals surface area contributed by atoms with E-state index in [0.29, 0.717) is 25.3 Å². The molecule has 142 valence electrons. The van der Waals surface area contributed by atoms with Crippen molar-refractivity contribution in [2.24, 2.45) is 0 Å². The number of esters is 1. The average molecular weight is 361 g/mol. The quantitative estimate of drug-likeness (QED) is 0.227. The van der Waals surface area contributed by atoms with Gasteiger partial charge in [0.2, 0.25) is 0 Å². The van der Waals surface area contributed by atoms with E-state index in [1.807, 2.05) is 13.0 Å². The fourth-order valence-corrected chi connectivity index (χ4v) is 2.42. The van der Waals surface area contributed by atoms with Crippen molar-refractivity contribution in [2.75, 3.05) is 32.9 Å². The molecule has 0 amide bonds. The Hall–Kier alpha value is -2.44. The number of rotatable bonds is 10. The second-order valence-corrected chi connectivity index (χ2v) is 5.67. The highest BCUT2D eigenvalue weighted by Gasteiger charge is 2.11. The summed E-state index contributed by atoms with van der Waals surface area (Å²) in [6.45, 7) is 6.12. The molecule has 6 nitrogen and oxygen atoms in total. The van der Waals surface area contributed by atoms with Crippen molar-refractivity contribution in [1.82, 2.24) is 0 Å². The molecule has 0 atom stereocenters. The van der Waals surface area contributed by atoms with Crippen LogP contribution in [0.2, 0.25) is 0 Å². The summed E-state index contributed by atoms with van der Waals surface area (Å²) in [7, 11) is 1.56. The van der Waals surface area contributed by atoms with Gasteiger partial charge in [0.25, 0.3) is 0 Å². The number of carbonyl (C=O) groups is 2. The number of nitrogens with two attached hydrogens (primary N) is 1. The van der Waals surface area contributed by atoms with Crippen LogP contribution in [0, 0.1) is 6.92 Å². The minimum absolute atomic E-state index is 0.0669. The fraction of sp³-hybridized carbons (Fsp3) is 0.400. The van der Waals surface area contributed by atoms with Gasteiger partial charge in [-0.15, -0.1) is 0 Å². The molecule has 0 bridgehead atoms. The number of ether oxygens (including phenoxy) is 3. The number of hydrogen-bond acceptors (Lipinski definition) is 6. The maximum absolute atomic E-state index is 11.6. The van der Waals surface area contributed by atoms with Crippen LogP contribution in [0.1, 0.15) is 36.1 Å². The van der Waals surface area contributed by atoms with Gasteiger partial charge in [0.05, 0.1) is 13.2 Å². The minimum atomic E-state index is -0.413. The van der Waals surface area contributed by atoms with Gasteiger partial charge in [-0.05, 0) is 73.7 Å². The monoisotopic (exact) mass is 361 g/mol. The summed E-state index contributed by atoms with van der Waals surface area (Å²) in [5.74, 6) is -0.480. The molecule has 0 heterocycles. The fourth-order valence-electron chi connectivity index (χ4n) is 2.42. The molecule has 0 saturated heterocycles. The first-order valence-corrected chi connectivity index (χ1v) is 8.42. The van der Waals surface area contributed by atoms with Gasteiger partial charge in [-0.25, -0.2) is 4.79 Å². The third-order valence-corrected chi connectivity index (χ3v) is 3.71. The van der Waals surface area contributed by atoms with Crippen molar-refractivity contribution in [3.8, 4) is 0 Å². The molecule has 0 fully saturated rings. The molecular weight excluding hydrogens is 334 g/mol. The number of methoxy groups -OCH3 is 1. The molecule has 0 aliphatic carbocycles. The zero-order valence-corrected chi connectivity index (χ0v) is 15.8. The minimum Gasteiger partial charge on any atom is -0.463 e. The molecule has 0 saturated carbocycles. The number of carbonyl (C=O) groups excluding carboxylic acids is 2. The van der Waals surface area contributed by atoms with Gasteiger partial charge in [-0.1, -0.05) is 0 Å². The summed E-state index contributed by atoms with van der Waals surface area (Å²) < 4.78 is 15.2. The van der Waals surface area contributed by atoms with Crippen LogP contribution in [0.25, 0.3) is 12.2 Å². The van der Waals surface area contributed by atoms with Gasteiger partial charge >= 0.3 is 5.97 Å². The maximum atomic E-state index is 11.6. The normalized spacial score (nSPS) is 11.4. The number of allylic oxidation sites excluding steroid dienone is 1. The SMILES string of the molecule is CCOC(=O)/C=C/c1cc(/C=C/C(C)=O)c(N)c(C)c1CCOCOC. The van der Waals surface area contributed by atoms with E-state index in [9.17, 15) is 9.59 Å². The Morgan fingerprint density at radius 2 is 1.88 bits per heavy atom. The van der Waals surface area contributed by atoms with E-state index in [2.05, 4.69) is 0 Å². The molecule has 0 radical (unpaired) electrons. The van der Waals surface area contributed by atoms with Crippen molar-refractivity contribution >= 4 is 29.6 Å². The van der Waals surface area contributed by atoms with Crippen molar-refractivity contribution in [2.45, 2.75) is 27.2 Å². The van der Waals surface area contributed by atoms with Gasteiger partial charge in [0.1, 0.15) is 6.79 Å². The smallest absolute Gasteiger partial charge is 0.330 e. The topological polar surface area (TPSA) is 87.9 Å². The third kappa shape index (κ3) is 6.82. The molecular formula is C20H27NO5. The van der Waals surface area contributed by atoms with E-state index in [1.165, 1.54) is 19.1 Å². The van der Waals surface area contributed by atoms with E-state index in [1.54, 1.807) is 26.2 Å². The number of nitrogen functional groups attached to an aromatic ring is 1. The molecule has 0 spiro atoms. The average Bonchev–Trinajstić information content (AvgIpc) is 2.60. The first-order valence-electron chi connectivity index (χ1n) is 8.42. The van der Waals surface area contributed by atoms with E-state index in [0.717, 1.165) is 22.3 Å². The number of benzene rings is 1. The van der Waals surface area contributed by atoms with Crippen molar-refractivity contribution < 1.29 is 23.8 Å². The van der Waals surface area contributed by atoms with Crippen molar-refractivity contribution in [3.05, 3.63) is 40.5 Å². The second-order valence-electron chi connectivity index (χ2n) is 5.67. The standard InChI is InChI=1S/C20H27NO5/c1-5-26-19(23)9-8-16-12-17(7-6-14(2)22)20(21)15(3)18(16)10-11-25-13-24-4/h6-9,12H,5,10-11,13,21H2,1-4H3/b7-6+,9-8+. The van der Waals surface area contributed by atoms with Crippen LogP contribution in [0.3, 0.4) is 0 Å². The summed E-state index contributed by atoms with van der Waals surface area (Å²) in [6.07, 6.45) is 6.83.